The van der Waals surface area contributed by atoms with Crippen LogP contribution in [0.2, 0.25) is 0 Å². The van der Waals surface area contributed by atoms with Crippen LogP contribution in [-0.4, -0.2) is 9.36 Å². The molecule has 1 spiro atoms. The molecule has 2 aromatic rings. The molecule has 1 aromatic carbocycles. The van der Waals surface area contributed by atoms with Gasteiger partial charge in [-0.25, -0.2) is 9.07 Å². The zero-order valence-electron chi connectivity index (χ0n) is 15.6. The van der Waals surface area contributed by atoms with Crippen molar-refractivity contribution in [2.24, 2.45) is 10.8 Å². The average molecular weight is 340 g/mol. The van der Waals surface area contributed by atoms with Crippen molar-refractivity contribution in [3.8, 4) is 5.69 Å². The molecule has 1 unspecified atom stereocenters. The SMILES string of the molecule is CCn1c2c(c(=O)n1-c1ccc(F)cc1C)[C@H]1CCC13C(C)(C)[C@]23C. The highest BCUT2D eigenvalue weighted by atomic mass is 19.1. The van der Waals surface area contributed by atoms with Gasteiger partial charge in [0.25, 0.3) is 5.56 Å². The Labute approximate surface area is 147 Å². The molecule has 0 saturated heterocycles. The number of hydrogen-bond donors (Lipinski definition) is 0. The van der Waals surface area contributed by atoms with Gasteiger partial charge in [-0.05, 0) is 67.2 Å². The van der Waals surface area contributed by atoms with E-state index in [1.807, 2.05) is 6.92 Å². The summed E-state index contributed by atoms with van der Waals surface area (Å²) in [4.78, 5) is 13.4. The lowest BCUT2D eigenvalue weighted by Gasteiger charge is -2.38. The first-order valence-corrected chi connectivity index (χ1v) is 9.36. The molecule has 3 atom stereocenters. The van der Waals surface area contributed by atoms with E-state index in [2.05, 4.69) is 32.4 Å². The van der Waals surface area contributed by atoms with Crippen molar-refractivity contribution in [3.63, 3.8) is 0 Å². The maximum Gasteiger partial charge on any atom is 0.275 e. The molecule has 0 amide bonds. The second-order valence-corrected chi connectivity index (χ2v) is 8.84. The molecule has 0 radical (unpaired) electrons. The number of nitrogens with zero attached hydrogens (tertiary/aromatic N) is 2. The number of rotatable bonds is 2. The largest absolute Gasteiger partial charge is 0.281 e. The van der Waals surface area contributed by atoms with Crippen LogP contribution in [-0.2, 0) is 12.0 Å². The number of benzene rings is 1. The van der Waals surface area contributed by atoms with Gasteiger partial charge in [0, 0.05) is 17.5 Å². The van der Waals surface area contributed by atoms with Crippen molar-refractivity contribution < 1.29 is 4.39 Å². The molecule has 5 rings (SSSR count). The summed E-state index contributed by atoms with van der Waals surface area (Å²) in [7, 11) is 0. The quantitative estimate of drug-likeness (QED) is 0.801. The van der Waals surface area contributed by atoms with Gasteiger partial charge in [-0.1, -0.05) is 20.8 Å². The Kier molecular flexibility index (Phi) is 2.53. The highest BCUT2D eigenvalue weighted by Gasteiger charge is 2.90. The maximum atomic E-state index is 13.6. The molecular weight excluding hydrogens is 315 g/mol. The summed E-state index contributed by atoms with van der Waals surface area (Å²) < 4.78 is 17.5. The maximum absolute atomic E-state index is 13.6. The molecule has 3 nitrogen and oxygen atoms in total. The minimum absolute atomic E-state index is 0.0760. The molecule has 2 saturated carbocycles. The first-order valence-electron chi connectivity index (χ1n) is 9.36. The van der Waals surface area contributed by atoms with Gasteiger partial charge in [0.05, 0.1) is 11.4 Å². The van der Waals surface area contributed by atoms with Crippen LogP contribution in [0.25, 0.3) is 5.69 Å². The zero-order valence-corrected chi connectivity index (χ0v) is 15.6. The fourth-order valence-corrected chi connectivity index (χ4v) is 6.86. The normalized spacial score (nSPS) is 33.4. The molecule has 25 heavy (non-hydrogen) atoms. The molecule has 4 heteroatoms. The van der Waals surface area contributed by atoms with Gasteiger partial charge in [0.2, 0.25) is 0 Å². The molecule has 2 fully saturated rings. The van der Waals surface area contributed by atoms with Gasteiger partial charge in [-0.2, -0.15) is 0 Å². The molecule has 3 aliphatic rings. The number of hydrogen-bond acceptors (Lipinski definition) is 1. The van der Waals surface area contributed by atoms with Crippen LogP contribution >= 0.6 is 0 Å². The van der Waals surface area contributed by atoms with E-state index < -0.39 is 0 Å². The van der Waals surface area contributed by atoms with Crippen LogP contribution in [0.15, 0.2) is 23.0 Å². The Morgan fingerprint density at radius 1 is 1.28 bits per heavy atom. The predicted octanol–water partition coefficient (Wildman–Crippen LogP) is 4.28. The van der Waals surface area contributed by atoms with Gasteiger partial charge in [-0.3, -0.25) is 9.48 Å². The predicted molar refractivity (Wildman–Crippen MR) is 95.9 cm³/mol. The molecule has 132 valence electrons. The van der Waals surface area contributed by atoms with Gasteiger partial charge in [-0.15, -0.1) is 0 Å². The third-order valence-electron chi connectivity index (χ3n) is 8.30. The summed E-state index contributed by atoms with van der Waals surface area (Å²) in [6.07, 6.45) is 2.35. The van der Waals surface area contributed by atoms with Gasteiger partial charge < -0.3 is 0 Å². The van der Waals surface area contributed by atoms with Crippen molar-refractivity contribution in [3.05, 3.63) is 51.2 Å². The first kappa shape index (κ1) is 15.4. The average Bonchev–Trinajstić information content (AvgIpc) is 2.70. The standard InChI is InChI=1S/C21H25FN2O/c1-6-23-17-16(14-9-10-21(14)19(3,4)20(17,21)5)18(25)24(23)15-8-7-13(22)11-12(15)2/h7-8,11,14H,6,9-10H2,1-5H3/t14-,20+,21?/m1/s1. The van der Waals surface area contributed by atoms with Crippen LogP contribution in [0.1, 0.15) is 63.3 Å². The van der Waals surface area contributed by atoms with E-state index in [4.69, 9.17) is 0 Å². The van der Waals surface area contributed by atoms with E-state index in [1.165, 1.54) is 24.2 Å². The molecule has 0 bridgehead atoms. The highest BCUT2D eigenvalue weighted by molar-refractivity contribution is 5.60. The molecule has 1 heterocycles. The first-order chi connectivity index (χ1) is 11.7. The molecule has 0 N–H and O–H groups in total. The van der Waals surface area contributed by atoms with E-state index in [-0.39, 0.29) is 27.6 Å². The lowest BCUT2D eigenvalue weighted by molar-refractivity contribution is 0.170. The van der Waals surface area contributed by atoms with Crippen LogP contribution in [0, 0.1) is 23.6 Å². The van der Waals surface area contributed by atoms with Gasteiger partial charge in [0.15, 0.2) is 0 Å². The monoisotopic (exact) mass is 340 g/mol. The van der Waals surface area contributed by atoms with Crippen molar-refractivity contribution in [1.82, 2.24) is 9.36 Å². The van der Waals surface area contributed by atoms with E-state index in [0.29, 0.717) is 5.92 Å². The number of halogens is 1. The van der Waals surface area contributed by atoms with Crippen molar-refractivity contribution >= 4 is 0 Å². The smallest absolute Gasteiger partial charge is 0.275 e. The van der Waals surface area contributed by atoms with Gasteiger partial charge in [0.1, 0.15) is 5.82 Å². The third kappa shape index (κ3) is 1.27. The number of fused-ring (bicyclic) bond motifs is 3. The molecular formula is C21H25FN2O. The Morgan fingerprint density at radius 2 is 2.00 bits per heavy atom. The lowest BCUT2D eigenvalue weighted by Crippen LogP contribution is -2.34. The van der Waals surface area contributed by atoms with E-state index in [9.17, 15) is 9.18 Å². The fourth-order valence-electron chi connectivity index (χ4n) is 6.86. The third-order valence-corrected chi connectivity index (χ3v) is 8.30. The molecule has 1 aromatic heterocycles. The van der Waals surface area contributed by atoms with Crippen molar-refractivity contribution in [2.45, 2.75) is 65.3 Å². The van der Waals surface area contributed by atoms with Crippen LogP contribution in [0.5, 0.6) is 0 Å². The molecule has 0 aliphatic heterocycles. The Bertz CT molecular complexity index is 998. The van der Waals surface area contributed by atoms with E-state index in [1.54, 1.807) is 10.7 Å². The summed E-state index contributed by atoms with van der Waals surface area (Å²) >= 11 is 0. The summed E-state index contributed by atoms with van der Waals surface area (Å²) in [5, 5.41) is 0. The highest BCUT2D eigenvalue weighted by Crippen LogP contribution is 2.92. The minimum Gasteiger partial charge on any atom is -0.281 e. The number of aryl methyl sites for hydroxylation is 1. The Balaban J connectivity index is 1.83. The van der Waals surface area contributed by atoms with Crippen molar-refractivity contribution in [2.75, 3.05) is 0 Å². The van der Waals surface area contributed by atoms with Gasteiger partial charge >= 0.3 is 0 Å². The van der Waals surface area contributed by atoms with Crippen LogP contribution in [0.3, 0.4) is 0 Å². The van der Waals surface area contributed by atoms with E-state index >= 15 is 0 Å². The zero-order chi connectivity index (χ0) is 17.9. The summed E-state index contributed by atoms with van der Waals surface area (Å²) in [6.45, 7) is 11.8. The number of aromatic nitrogens is 2. The minimum atomic E-state index is -0.259. The second-order valence-electron chi connectivity index (χ2n) is 8.84. The summed E-state index contributed by atoms with van der Waals surface area (Å²) in [5.41, 5.74) is 4.60. The Hall–Kier alpha value is -1.84. The van der Waals surface area contributed by atoms with Crippen LogP contribution in [0.4, 0.5) is 4.39 Å². The van der Waals surface area contributed by atoms with Crippen molar-refractivity contribution in [1.29, 1.82) is 0 Å². The van der Waals surface area contributed by atoms with E-state index in [0.717, 1.165) is 29.8 Å². The lowest BCUT2D eigenvalue weighted by atomic mass is 9.65. The fraction of sp³-hybridized carbons (Fsp3) is 0.571. The summed E-state index contributed by atoms with van der Waals surface area (Å²) in [5.74, 6) is 0.138. The topological polar surface area (TPSA) is 26.9 Å². The molecule has 3 aliphatic carbocycles. The second kappa shape index (κ2) is 4.11. The summed E-state index contributed by atoms with van der Waals surface area (Å²) in [6, 6.07) is 4.70. The Morgan fingerprint density at radius 3 is 2.56 bits per heavy atom. The van der Waals surface area contributed by atoms with Crippen LogP contribution < -0.4 is 5.56 Å².